The fourth-order valence-electron chi connectivity index (χ4n) is 3.09. The average Bonchev–Trinajstić information content (AvgIpc) is 2.91. The van der Waals surface area contributed by atoms with Crippen molar-refractivity contribution in [1.29, 1.82) is 0 Å². The summed E-state index contributed by atoms with van der Waals surface area (Å²) in [7, 11) is 2.15. The number of carbonyl (C=O) groups is 2. The zero-order valence-corrected chi connectivity index (χ0v) is 17.6. The van der Waals surface area contributed by atoms with Crippen molar-refractivity contribution in [3.63, 3.8) is 0 Å². The van der Waals surface area contributed by atoms with E-state index in [1.807, 2.05) is 23.1 Å². The molecule has 0 spiro atoms. The largest absolute Gasteiger partial charge is 0.334 e. The maximum absolute atomic E-state index is 12.6. The second-order valence-electron chi connectivity index (χ2n) is 6.83. The Morgan fingerprint density at radius 3 is 2.63 bits per heavy atom. The van der Waals surface area contributed by atoms with Crippen LogP contribution in [0.5, 0.6) is 0 Å². The van der Waals surface area contributed by atoms with Gasteiger partial charge in [-0.3, -0.25) is 14.5 Å². The normalized spacial score (nSPS) is 20.0. The summed E-state index contributed by atoms with van der Waals surface area (Å²) in [6.45, 7) is 4.10. The van der Waals surface area contributed by atoms with E-state index in [0.717, 1.165) is 31.7 Å². The first kappa shape index (κ1) is 20.3. The number of amides is 2. The minimum Gasteiger partial charge on any atom is -0.334 e. The van der Waals surface area contributed by atoms with Crippen molar-refractivity contribution in [3.8, 4) is 0 Å². The molecule has 2 aliphatic heterocycles. The van der Waals surface area contributed by atoms with Crippen molar-refractivity contribution < 1.29 is 14.5 Å². The highest BCUT2D eigenvalue weighted by Gasteiger charge is 2.32. The van der Waals surface area contributed by atoms with Gasteiger partial charge in [0, 0.05) is 18.0 Å². The SMILES string of the molecule is C[NH+]1CCN(C(=O)CCCN2C(=O)C(=Cc3ccc(Cl)cc3)SC2=S)CC1. The van der Waals surface area contributed by atoms with Gasteiger partial charge in [-0.05, 0) is 30.2 Å². The molecule has 1 aromatic carbocycles. The molecule has 1 N–H and O–H groups in total. The first-order chi connectivity index (χ1) is 12.9. The van der Waals surface area contributed by atoms with E-state index in [1.165, 1.54) is 16.7 Å². The van der Waals surface area contributed by atoms with Crippen LogP contribution in [0.1, 0.15) is 18.4 Å². The van der Waals surface area contributed by atoms with E-state index in [1.54, 1.807) is 17.0 Å². The standard InChI is InChI=1S/C19H22ClN3O2S2/c1-21-9-11-22(12-10-21)17(24)3-2-8-23-18(25)16(27-19(23)26)13-14-4-6-15(20)7-5-14/h4-7,13H,2-3,8-12H2,1H3/p+1. The zero-order chi connectivity index (χ0) is 19.4. The smallest absolute Gasteiger partial charge is 0.266 e. The van der Waals surface area contributed by atoms with Crippen molar-refractivity contribution in [2.24, 2.45) is 0 Å². The van der Waals surface area contributed by atoms with Gasteiger partial charge >= 0.3 is 0 Å². The number of benzene rings is 1. The van der Waals surface area contributed by atoms with Crippen LogP contribution in [0.3, 0.4) is 0 Å². The Labute approximate surface area is 174 Å². The summed E-state index contributed by atoms with van der Waals surface area (Å²) in [5, 5.41) is 0.658. The van der Waals surface area contributed by atoms with Gasteiger partial charge < -0.3 is 9.80 Å². The molecule has 1 aromatic rings. The molecular weight excluding hydrogens is 402 g/mol. The quantitative estimate of drug-likeness (QED) is 0.577. The molecule has 2 fully saturated rings. The van der Waals surface area contributed by atoms with Gasteiger partial charge in [0.1, 0.15) is 4.32 Å². The lowest BCUT2D eigenvalue weighted by atomic mass is 10.2. The summed E-state index contributed by atoms with van der Waals surface area (Å²) >= 11 is 12.6. The Morgan fingerprint density at radius 2 is 1.96 bits per heavy atom. The van der Waals surface area contributed by atoms with E-state index in [-0.39, 0.29) is 11.8 Å². The Hall–Kier alpha value is -1.41. The summed E-state index contributed by atoms with van der Waals surface area (Å²) in [5.74, 6) is 0.0836. The molecule has 2 amide bonds. The van der Waals surface area contributed by atoms with Crippen LogP contribution >= 0.6 is 35.6 Å². The molecule has 8 heteroatoms. The van der Waals surface area contributed by atoms with Crippen molar-refractivity contribution >= 4 is 57.8 Å². The molecule has 0 bridgehead atoms. The minimum absolute atomic E-state index is 0.0874. The molecule has 2 aliphatic rings. The maximum Gasteiger partial charge on any atom is 0.266 e. The summed E-state index contributed by atoms with van der Waals surface area (Å²) in [6, 6.07) is 7.32. The summed E-state index contributed by atoms with van der Waals surface area (Å²) in [6.07, 6.45) is 2.90. The molecule has 144 valence electrons. The number of quaternary nitrogens is 1. The van der Waals surface area contributed by atoms with Gasteiger partial charge in [0.05, 0.1) is 38.1 Å². The van der Waals surface area contributed by atoms with E-state index in [4.69, 9.17) is 23.8 Å². The third-order valence-corrected chi connectivity index (χ3v) is 6.41. The molecule has 5 nitrogen and oxygen atoms in total. The number of nitrogens with zero attached hydrogens (tertiary/aromatic N) is 2. The summed E-state index contributed by atoms with van der Waals surface area (Å²) in [4.78, 5) is 30.6. The topological polar surface area (TPSA) is 45.1 Å². The number of carbonyl (C=O) groups excluding carboxylic acids is 2. The van der Waals surface area contributed by atoms with E-state index in [2.05, 4.69) is 7.05 Å². The summed E-state index contributed by atoms with van der Waals surface area (Å²) < 4.78 is 0.552. The Morgan fingerprint density at radius 1 is 1.30 bits per heavy atom. The molecule has 0 aromatic heterocycles. The molecule has 0 radical (unpaired) electrons. The third kappa shape index (κ3) is 5.31. The van der Waals surface area contributed by atoms with Crippen LogP contribution in [0.25, 0.3) is 6.08 Å². The van der Waals surface area contributed by atoms with Crippen molar-refractivity contribution in [1.82, 2.24) is 9.80 Å². The van der Waals surface area contributed by atoms with Gasteiger partial charge in [-0.2, -0.15) is 0 Å². The first-order valence-corrected chi connectivity index (χ1v) is 10.6. The first-order valence-electron chi connectivity index (χ1n) is 9.04. The maximum atomic E-state index is 12.6. The second-order valence-corrected chi connectivity index (χ2v) is 8.94. The van der Waals surface area contributed by atoms with Crippen LogP contribution in [0, 0.1) is 0 Å². The van der Waals surface area contributed by atoms with Crippen LogP contribution in [0.4, 0.5) is 0 Å². The molecule has 2 saturated heterocycles. The molecule has 3 rings (SSSR count). The lowest BCUT2D eigenvalue weighted by molar-refractivity contribution is -0.883. The lowest BCUT2D eigenvalue weighted by Gasteiger charge is -2.30. The highest BCUT2D eigenvalue weighted by atomic mass is 35.5. The van der Waals surface area contributed by atoms with E-state index in [0.29, 0.717) is 33.6 Å². The van der Waals surface area contributed by atoms with E-state index in [9.17, 15) is 9.59 Å². The Balaban J connectivity index is 1.52. The molecule has 0 atom stereocenters. The van der Waals surface area contributed by atoms with E-state index < -0.39 is 0 Å². The van der Waals surface area contributed by atoms with Gasteiger partial charge in [0.25, 0.3) is 5.91 Å². The molecule has 2 heterocycles. The number of piperazine rings is 1. The molecule has 0 unspecified atom stereocenters. The number of hydrogen-bond donors (Lipinski definition) is 1. The predicted octanol–water partition coefficient (Wildman–Crippen LogP) is 1.68. The molecule has 0 saturated carbocycles. The van der Waals surface area contributed by atoms with Crippen LogP contribution in [-0.4, -0.2) is 65.7 Å². The van der Waals surface area contributed by atoms with Crippen LogP contribution in [-0.2, 0) is 9.59 Å². The number of rotatable bonds is 5. The number of nitrogens with one attached hydrogen (secondary N) is 1. The fraction of sp³-hybridized carbons (Fsp3) is 0.421. The van der Waals surface area contributed by atoms with Crippen molar-refractivity contribution in [3.05, 3.63) is 39.8 Å². The number of likely N-dealkylation sites (N-methyl/N-ethyl adjacent to an activating group) is 1. The number of thiocarbonyl (C=S) groups is 1. The highest BCUT2D eigenvalue weighted by Crippen LogP contribution is 2.32. The Kier molecular flexibility index (Phi) is 6.92. The van der Waals surface area contributed by atoms with Gasteiger partial charge in [-0.1, -0.05) is 47.7 Å². The van der Waals surface area contributed by atoms with Crippen LogP contribution in [0.15, 0.2) is 29.2 Å². The number of hydrogen-bond acceptors (Lipinski definition) is 4. The van der Waals surface area contributed by atoms with Gasteiger partial charge in [-0.15, -0.1) is 0 Å². The molecular formula is C19H23ClN3O2S2+. The van der Waals surface area contributed by atoms with Crippen molar-refractivity contribution in [2.75, 3.05) is 39.8 Å². The van der Waals surface area contributed by atoms with Crippen LogP contribution < -0.4 is 4.90 Å². The van der Waals surface area contributed by atoms with Gasteiger partial charge in [0.15, 0.2) is 0 Å². The van der Waals surface area contributed by atoms with E-state index >= 15 is 0 Å². The molecule has 27 heavy (non-hydrogen) atoms. The predicted molar refractivity (Wildman–Crippen MR) is 114 cm³/mol. The fourth-order valence-corrected chi connectivity index (χ4v) is 4.52. The molecule has 0 aliphatic carbocycles. The van der Waals surface area contributed by atoms with Gasteiger partial charge in [0.2, 0.25) is 5.91 Å². The average molecular weight is 425 g/mol. The Bertz CT molecular complexity index is 759. The number of thioether (sulfide) groups is 1. The second kappa shape index (κ2) is 9.19. The lowest BCUT2D eigenvalue weighted by Crippen LogP contribution is -3.12. The third-order valence-electron chi connectivity index (χ3n) is 4.78. The van der Waals surface area contributed by atoms with Gasteiger partial charge in [-0.25, -0.2) is 0 Å². The van der Waals surface area contributed by atoms with Crippen LogP contribution in [0.2, 0.25) is 5.02 Å². The zero-order valence-electron chi connectivity index (χ0n) is 15.2. The minimum atomic E-state index is -0.0874. The van der Waals surface area contributed by atoms with Crippen molar-refractivity contribution in [2.45, 2.75) is 12.8 Å². The monoisotopic (exact) mass is 424 g/mol. The highest BCUT2D eigenvalue weighted by molar-refractivity contribution is 8.26. The summed E-state index contributed by atoms with van der Waals surface area (Å²) in [5.41, 5.74) is 0.910. The number of halogens is 1.